The highest BCUT2D eigenvalue weighted by molar-refractivity contribution is 7.14. The summed E-state index contributed by atoms with van der Waals surface area (Å²) in [5.74, 6) is -0.00605. The second-order valence-corrected chi connectivity index (χ2v) is 4.63. The van der Waals surface area contributed by atoms with Crippen molar-refractivity contribution in [3.63, 3.8) is 0 Å². The zero-order valence-electron chi connectivity index (χ0n) is 9.15. The fourth-order valence-electron chi connectivity index (χ4n) is 1.51. The molecule has 0 unspecified atom stereocenters. The molecule has 3 heteroatoms. The van der Waals surface area contributed by atoms with Crippen molar-refractivity contribution in [1.29, 1.82) is 0 Å². The van der Waals surface area contributed by atoms with Gasteiger partial charge in [-0.25, -0.2) is 0 Å². The van der Waals surface area contributed by atoms with Gasteiger partial charge in [-0.2, -0.15) is 0 Å². The van der Waals surface area contributed by atoms with Gasteiger partial charge in [-0.05, 0) is 19.4 Å². The number of Topliss-reactive ketones (excluding diaryl/α,β-unsaturated/α-hetero) is 1. The van der Waals surface area contributed by atoms with Crippen LogP contribution in [0.5, 0.6) is 5.75 Å². The molecule has 0 saturated carbocycles. The van der Waals surface area contributed by atoms with Crippen LogP contribution in [0, 0.1) is 6.92 Å². The van der Waals surface area contributed by atoms with Gasteiger partial charge in [0.15, 0.2) is 5.78 Å². The Balaban J connectivity index is 2.49. The average molecular weight is 232 g/mol. The fraction of sp³-hybridized carbons (Fsp3) is 0.154. The van der Waals surface area contributed by atoms with Crippen LogP contribution in [-0.4, -0.2) is 10.9 Å². The Morgan fingerprint density at radius 3 is 2.38 bits per heavy atom. The van der Waals surface area contributed by atoms with Crippen molar-refractivity contribution in [2.75, 3.05) is 0 Å². The zero-order valence-corrected chi connectivity index (χ0v) is 9.97. The molecule has 0 atom stereocenters. The van der Waals surface area contributed by atoms with E-state index < -0.39 is 0 Å². The maximum atomic E-state index is 11.2. The number of aryl methyl sites for hydroxylation is 1. The summed E-state index contributed by atoms with van der Waals surface area (Å²) in [6.07, 6.45) is 0. The Hall–Kier alpha value is -1.61. The van der Waals surface area contributed by atoms with E-state index in [0.717, 1.165) is 10.4 Å². The van der Waals surface area contributed by atoms with E-state index in [1.54, 1.807) is 5.38 Å². The standard InChI is InChI=1S/C13H12O2S/c1-8-3-5-10(6-4-8)13-12(15)11(7-16-13)9(2)14/h3-7,15H,1-2H3. The summed E-state index contributed by atoms with van der Waals surface area (Å²) < 4.78 is 0. The largest absolute Gasteiger partial charge is 0.506 e. The molecule has 0 bridgehead atoms. The molecule has 2 nitrogen and oxygen atoms in total. The van der Waals surface area contributed by atoms with E-state index in [1.165, 1.54) is 23.8 Å². The van der Waals surface area contributed by atoms with Crippen molar-refractivity contribution < 1.29 is 9.90 Å². The molecule has 2 rings (SSSR count). The highest BCUT2D eigenvalue weighted by atomic mass is 32.1. The number of hydrogen-bond donors (Lipinski definition) is 1. The number of benzene rings is 1. The monoisotopic (exact) mass is 232 g/mol. The van der Waals surface area contributed by atoms with Crippen LogP contribution in [0.1, 0.15) is 22.8 Å². The molecule has 82 valence electrons. The number of carbonyl (C=O) groups is 1. The van der Waals surface area contributed by atoms with Crippen molar-refractivity contribution in [2.45, 2.75) is 13.8 Å². The predicted molar refractivity (Wildman–Crippen MR) is 66.2 cm³/mol. The van der Waals surface area contributed by atoms with E-state index in [2.05, 4.69) is 0 Å². The quantitative estimate of drug-likeness (QED) is 0.803. The van der Waals surface area contributed by atoms with Gasteiger partial charge in [-0.15, -0.1) is 11.3 Å². The third-order valence-electron chi connectivity index (χ3n) is 2.46. The van der Waals surface area contributed by atoms with E-state index in [-0.39, 0.29) is 11.5 Å². The molecule has 16 heavy (non-hydrogen) atoms. The number of aromatic hydroxyl groups is 1. The molecule has 0 spiro atoms. The molecular weight excluding hydrogens is 220 g/mol. The van der Waals surface area contributed by atoms with Crippen LogP contribution in [0.15, 0.2) is 29.6 Å². The molecule has 0 amide bonds. The first-order valence-electron chi connectivity index (χ1n) is 4.98. The Morgan fingerprint density at radius 1 is 1.25 bits per heavy atom. The summed E-state index contributed by atoms with van der Waals surface area (Å²) in [5, 5.41) is 11.6. The molecule has 1 aromatic heterocycles. The van der Waals surface area contributed by atoms with E-state index in [9.17, 15) is 9.90 Å². The molecule has 0 saturated heterocycles. The molecule has 0 fully saturated rings. The van der Waals surface area contributed by atoms with Gasteiger partial charge < -0.3 is 5.11 Å². The third-order valence-corrected chi connectivity index (χ3v) is 3.48. The molecule has 1 heterocycles. The van der Waals surface area contributed by atoms with Gasteiger partial charge in [-0.1, -0.05) is 29.8 Å². The minimum atomic E-state index is -0.105. The van der Waals surface area contributed by atoms with Gasteiger partial charge in [0.1, 0.15) is 5.75 Å². The summed E-state index contributed by atoms with van der Waals surface area (Å²) in [6, 6.07) is 7.87. The van der Waals surface area contributed by atoms with Gasteiger partial charge in [0.2, 0.25) is 0 Å². The fourth-order valence-corrected chi connectivity index (χ4v) is 2.52. The highest BCUT2D eigenvalue weighted by Crippen LogP contribution is 2.38. The second-order valence-electron chi connectivity index (χ2n) is 3.75. The van der Waals surface area contributed by atoms with Crippen LogP contribution in [0.3, 0.4) is 0 Å². The minimum Gasteiger partial charge on any atom is -0.506 e. The van der Waals surface area contributed by atoms with Crippen molar-refractivity contribution in [3.05, 3.63) is 40.8 Å². The van der Waals surface area contributed by atoms with Crippen LogP contribution in [0.25, 0.3) is 10.4 Å². The summed E-state index contributed by atoms with van der Waals surface area (Å²) >= 11 is 1.39. The number of thiophene rings is 1. The molecule has 0 radical (unpaired) electrons. The number of hydrogen-bond acceptors (Lipinski definition) is 3. The van der Waals surface area contributed by atoms with Crippen LogP contribution in [-0.2, 0) is 0 Å². The lowest BCUT2D eigenvalue weighted by atomic mass is 10.1. The lowest BCUT2D eigenvalue weighted by Gasteiger charge is -2.00. The Kier molecular flexibility index (Phi) is 2.79. The lowest BCUT2D eigenvalue weighted by Crippen LogP contribution is -1.88. The zero-order chi connectivity index (χ0) is 11.7. The van der Waals surface area contributed by atoms with Crippen molar-refractivity contribution in [1.82, 2.24) is 0 Å². The average Bonchev–Trinajstić information content (AvgIpc) is 2.61. The number of rotatable bonds is 2. The molecule has 0 aliphatic heterocycles. The third kappa shape index (κ3) is 1.86. The summed E-state index contributed by atoms with van der Waals surface area (Å²) in [5.41, 5.74) is 2.52. The Bertz CT molecular complexity index is 523. The lowest BCUT2D eigenvalue weighted by molar-refractivity contribution is 0.101. The molecule has 0 aliphatic carbocycles. The molecule has 1 aromatic carbocycles. The molecular formula is C13H12O2S. The van der Waals surface area contributed by atoms with Crippen molar-refractivity contribution >= 4 is 17.1 Å². The van der Waals surface area contributed by atoms with Gasteiger partial charge in [-0.3, -0.25) is 4.79 Å². The van der Waals surface area contributed by atoms with Gasteiger partial charge in [0.05, 0.1) is 10.4 Å². The normalized spacial score (nSPS) is 10.4. The Labute approximate surface area is 98.2 Å². The van der Waals surface area contributed by atoms with Crippen LogP contribution in [0.2, 0.25) is 0 Å². The molecule has 2 aromatic rings. The summed E-state index contributed by atoms with van der Waals surface area (Å²) in [4.78, 5) is 12.0. The SMILES string of the molecule is CC(=O)c1csc(-c2ccc(C)cc2)c1O. The maximum Gasteiger partial charge on any atom is 0.164 e. The smallest absolute Gasteiger partial charge is 0.164 e. The Morgan fingerprint density at radius 2 is 1.88 bits per heavy atom. The number of carbonyl (C=O) groups excluding carboxylic acids is 1. The van der Waals surface area contributed by atoms with E-state index in [0.29, 0.717) is 5.56 Å². The highest BCUT2D eigenvalue weighted by Gasteiger charge is 2.14. The van der Waals surface area contributed by atoms with E-state index >= 15 is 0 Å². The van der Waals surface area contributed by atoms with E-state index in [1.807, 2.05) is 31.2 Å². The van der Waals surface area contributed by atoms with Crippen LogP contribution < -0.4 is 0 Å². The van der Waals surface area contributed by atoms with Crippen LogP contribution >= 0.6 is 11.3 Å². The minimum absolute atomic E-state index is 0.0985. The van der Waals surface area contributed by atoms with Crippen LogP contribution in [0.4, 0.5) is 0 Å². The first kappa shape index (κ1) is 10.9. The predicted octanol–water partition coefficient (Wildman–Crippen LogP) is 3.63. The summed E-state index contributed by atoms with van der Waals surface area (Å²) in [7, 11) is 0. The molecule has 1 N–H and O–H groups in total. The van der Waals surface area contributed by atoms with Crippen molar-refractivity contribution in [3.8, 4) is 16.2 Å². The second kappa shape index (κ2) is 4.10. The molecule has 0 aliphatic rings. The maximum absolute atomic E-state index is 11.2. The summed E-state index contributed by atoms with van der Waals surface area (Å²) in [6.45, 7) is 3.47. The van der Waals surface area contributed by atoms with Gasteiger partial charge >= 0.3 is 0 Å². The van der Waals surface area contributed by atoms with Crippen molar-refractivity contribution in [2.24, 2.45) is 0 Å². The van der Waals surface area contributed by atoms with E-state index in [4.69, 9.17) is 0 Å². The first-order chi connectivity index (χ1) is 7.59. The first-order valence-corrected chi connectivity index (χ1v) is 5.86. The topological polar surface area (TPSA) is 37.3 Å². The number of ketones is 1. The van der Waals surface area contributed by atoms with Gasteiger partial charge in [0.25, 0.3) is 0 Å². The van der Waals surface area contributed by atoms with Gasteiger partial charge in [0, 0.05) is 5.38 Å².